The van der Waals surface area contributed by atoms with Gasteiger partial charge < -0.3 is 10.3 Å². The number of nitrogens with one attached hydrogen (secondary N) is 2. The van der Waals surface area contributed by atoms with E-state index in [0.29, 0.717) is 0 Å². The summed E-state index contributed by atoms with van der Waals surface area (Å²) in [5.41, 5.74) is -0.0555. The number of aromatic amines is 1. The minimum Gasteiger partial charge on any atom is -0.351 e. The summed E-state index contributed by atoms with van der Waals surface area (Å²) in [5, 5.41) is 21.0. The van der Waals surface area contributed by atoms with Gasteiger partial charge in [-0.15, -0.1) is 0 Å². The summed E-state index contributed by atoms with van der Waals surface area (Å²) in [7, 11) is 0. The zero-order chi connectivity index (χ0) is 11.3. The molecule has 0 spiro atoms. The molecule has 15 heavy (non-hydrogen) atoms. The number of aromatic nitrogens is 1. The Kier molecular flexibility index (Phi) is 3.40. The standard InChI is InChI=1S/C8H8N4O3/c9-2-1-3-10-8(13)7-4-6(5-11-7)12(14)15/h4-5,11H,1,3H2,(H,10,13). The maximum atomic E-state index is 11.3. The van der Waals surface area contributed by atoms with Gasteiger partial charge in [-0.2, -0.15) is 5.26 Å². The van der Waals surface area contributed by atoms with Gasteiger partial charge in [-0.3, -0.25) is 14.9 Å². The number of carbonyl (C=O) groups excluding carboxylic acids is 1. The number of hydrogen-bond acceptors (Lipinski definition) is 4. The molecule has 78 valence electrons. The Hall–Kier alpha value is -2.36. The van der Waals surface area contributed by atoms with Crippen LogP contribution in [0.3, 0.4) is 0 Å². The third-order valence-corrected chi connectivity index (χ3v) is 1.65. The Labute approximate surface area is 84.9 Å². The van der Waals surface area contributed by atoms with Gasteiger partial charge in [0, 0.05) is 12.6 Å². The molecule has 0 aliphatic carbocycles. The number of nitriles is 1. The molecule has 0 unspecified atom stereocenters. The van der Waals surface area contributed by atoms with Gasteiger partial charge in [0.1, 0.15) is 5.69 Å². The minimum atomic E-state index is -0.595. The van der Waals surface area contributed by atoms with Gasteiger partial charge in [-0.05, 0) is 0 Å². The molecule has 0 saturated carbocycles. The van der Waals surface area contributed by atoms with Crippen LogP contribution in [0, 0.1) is 21.4 Å². The average molecular weight is 208 g/mol. The SMILES string of the molecule is N#CCCNC(=O)c1cc([N+](=O)[O-])c[nH]1. The molecule has 0 aliphatic rings. The van der Waals surface area contributed by atoms with Gasteiger partial charge >= 0.3 is 0 Å². The zero-order valence-corrected chi connectivity index (χ0v) is 7.69. The third kappa shape index (κ3) is 2.80. The lowest BCUT2D eigenvalue weighted by molar-refractivity contribution is -0.384. The van der Waals surface area contributed by atoms with Gasteiger partial charge in [0.15, 0.2) is 0 Å². The minimum absolute atomic E-state index is 0.111. The van der Waals surface area contributed by atoms with Crippen LogP contribution in [0.1, 0.15) is 16.9 Å². The smallest absolute Gasteiger partial charge is 0.287 e. The largest absolute Gasteiger partial charge is 0.351 e. The Bertz CT molecular complexity index is 418. The van der Waals surface area contributed by atoms with Gasteiger partial charge in [0.2, 0.25) is 0 Å². The predicted molar refractivity (Wildman–Crippen MR) is 50.0 cm³/mol. The molecule has 0 fully saturated rings. The Morgan fingerprint density at radius 3 is 3.00 bits per heavy atom. The van der Waals surface area contributed by atoms with Crippen LogP contribution in [0.25, 0.3) is 0 Å². The van der Waals surface area contributed by atoms with Gasteiger partial charge in [0.05, 0.1) is 23.6 Å². The second kappa shape index (κ2) is 4.76. The third-order valence-electron chi connectivity index (χ3n) is 1.65. The number of rotatable bonds is 4. The van der Waals surface area contributed by atoms with Crippen molar-refractivity contribution in [2.75, 3.05) is 6.54 Å². The number of H-pyrrole nitrogens is 1. The van der Waals surface area contributed by atoms with E-state index in [1.165, 1.54) is 0 Å². The van der Waals surface area contributed by atoms with Crippen LogP contribution >= 0.6 is 0 Å². The van der Waals surface area contributed by atoms with E-state index < -0.39 is 10.8 Å². The van der Waals surface area contributed by atoms with Crippen LogP contribution in [0.5, 0.6) is 0 Å². The molecule has 0 bridgehead atoms. The Morgan fingerprint density at radius 1 is 1.73 bits per heavy atom. The van der Waals surface area contributed by atoms with E-state index in [1.807, 2.05) is 6.07 Å². The maximum Gasteiger partial charge on any atom is 0.287 e. The number of hydrogen-bond donors (Lipinski definition) is 2. The van der Waals surface area contributed by atoms with Crippen molar-refractivity contribution in [2.24, 2.45) is 0 Å². The highest BCUT2D eigenvalue weighted by Crippen LogP contribution is 2.11. The van der Waals surface area contributed by atoms with Crippen molar-refractivity contribution in [3.63, 3.8) is 0 Å². The van der Waals surface area contributed by atoms with Gasteiger partial charge in [0.25, 0.3) is 11.6 Å². The van der Waals surface area contributed by atoms with E-state index in [2.05, 4.69) is 10.3 Å². The summed E-state index contributed by atoms with van der Waals surface area (Å²) in [6, 6.07) is 3.01. The van der Waals surface area contributed by atoms with E-state index in [1.54, 1.807) is 0 Å². The fraction of sp³-hybridized carbons (Fsp3) is 0.250. The lowest BCUT2D eigenvalue weighted by Crippen LogP contribution is -2.24. The van der Waals surface area contributed by atoms with Crippen LogP contribution in [-0.2, 0) is 0 Å². The number of nitro groups is 1. The van der Waals surface area contributed by atoms with Crippen molar-refractivity contribution >= 4 is 11.6 Å². The molecule has 1 heterocycles. The van der Waals surface area contributed by atoms with Crippen molar-refractivity contribution < 1.29 is 9.72 Å². The summed E-state index contributed by atoms with van der Waals surface area (Å²) in [6.07, 6.45) is 1.34. The summed E-state index contributed by atoms with van der Waals surface area (Å²) >= 11 is 0. The first-order valence-corrected chi connectivity index (χ1v) is 4.13. The predicted octanol–water partition coefficient (Wildman–Crippen LogP) is 0.566. The summed E-state index contributed by atoms with van der Waals surface area (Å²) < 4.78 is 0. The highest BCUT2D eigenvalue weighted by Gasteiger charge is 2.13. The second-order valence-corrected chi connectivity index (χ2v) is 2.69. The quantitative estimate of drug-likeness (QED) is 0.427. The molecule has 0 aliphatic heterocycles. The molecule has 1 aromatic rings. The highest BCUT2D eigenvalue weighted by atomic mass is 16.6. The first kappa shape index (κ1) is 10.7. The highest BCUT2D eigenvalue weighted by molar-refractivity contribution is 5.93. The van der Waals surface area contributed by atoms with Crippen LogP contribution < -0.4 is 5.32 Å². The molecule has 7 heteroatoms. The van der Waals surface area contributed by atoms with Crippen LogP contribution in [0.15, 0.2) is 12.3 Å². The van der Waals surface area contributed by atoms with Crippen molar-refractivity contribution in [3.05, 3.63) is 28.1 Å². The first-order chi connectivity index (χ1) is 7.15. The molecule has 1 rings (SSSR count). The second-order valence-electron chi connectivity index (χ2n) is 2.69. The zero-order valence-electron chi connectivity index (χ0n) is 7.69. The van der Waals surface area contributed by atoms with E-state index >= 15 is 0 Å². The van der Waals surface area contributed by atoms with E-state index in [4.69, 9.17) is 5.26 Å². The summed E-state index contributed by atoms with van der Waals surface area (Å²) in [6.45, 7) is 0.224. The molecule has 1 amide bonds. The first-order valence-electron chi connectivity index (χ1n) is 4.13. The number of carbonyl (C=O) groups is 1. The number of amides is 1. The summed E-state index contributed by atoms with van der Waals surface area (Å²) in [4.78, 5) is 23.5. The Balaban J connectivity index is 2.59. The van der Waals surface area contributed by atoms with E-state index in [-0.39, 0.29) is 24.3 Å². The van der Waals surface area contributed by atoms with E-state index in [9.17, 15) is 14.9 Å². The number of nitrogens with zero attached hydrogens (tertiary/aromatic N) is 2. The molecule has 0 radical (unpaired) electrons. The normalized spacial score (nSPS) is 9.27. The molecule has 0 atom stereocenters. The lowest BCUT2D eigenvalue weighted by Gasteiger charge is -1.98. The van der Waals surface area contributed by atoms with Gasteiger partial charge in [-0.1, -0.05) is 0 Å². The van der Waals surface area contributed by atoms with Crippen molar-refractivity contribution in [2.45, 2.75) is 6.42 Å². The van der Waals surface area contributed by atoms with E-state index in [0.717, 1.165) is 12.3 Å². The van der Waals surface area contributed by atoms with Crippen molar-refractivity contribution in [1.29, 1.82) is 5.26 Å². The fourth-order valence-electron chi connectivity index (χ4n) is 0.947. The van der Waals surface area contributed by atoms with Crippen LogP contribution in [0.4, 0.5) is 5.69 Å². The van der Waals surface area contributed by atoms with Crippen LogP contribution in [-0.4, -0.2) is 22.4 Å². The monoisotopic (exact) mass is 208 g/mol. The molecular formula is C8H8N4O3. The maximum absolute atomic E-state index is 11.3. The van der Waals surface area contributed by atoms with Crippen LogP contribution in [0.2, 0.25) is 0 Å². The molecular weight excluding hydrogens is 200 g/mol. The van der Waals surface area contributed by atoms with Crippen molar-refractivity contribution in [3.8, 4) is 6.07 Å². The molecule has 0 aromatic carbocycles. The summed E-state index contributed by atoms with van der Waals surface area (Å²) in [5.74, 6) is -0.460. The molecule has 1 aromatic heterocycles. The average Bonchev–Trinajstić information content (AvgIpc) is 2.66. The van der Waals surface area contributed by atoms with Crippen molar-refractivity contribution in [1.82, 2.24) is 10.3 Å². The molecule has 0 saturated heterocycles. The molecule has 7 nitrogen and oxygen atoms in total. The van der Waals surface area contributed by atoms with Gasteiger partial charge in [-0.25, -0.2) is 0 Å². The Morgan fingerprint density at radius 2 is 2.47 bits per heavy atom. The fourth-order valence-corrected chi connectivity index (χ4v) is 0.947. The lowest BCUT2D eigenvalue weighted by atomic mass is 10.3. The topological polar surface area (TPSA) is 112 Å². The molecule has 2 N–H and O–H groups in total.